The Kier molecular flexibility index (Phi) is 4.58. The number of hydrogen-bond acceptors (Lipinski definition) is 2. The fourth-order valence-corrected chi connectivity index (χ4v) is 4.45. The van der Waals surface area contributed by atoms with E-state index in [1.54, 1.807) is 0 Å². The first-order chi connectivity index (χ1) is 15.8. The lowest BCUT2D eigenvalue weighted by Crippen LogP contribution is -1.99. The highest BCUT2D eigenvalue weighted by molar-refractivity contribution is 9.10. The fourth-order valence-electron chi connectivity index (χ4n) is 4.19. The van der Waals surface area contributed by atoms with Gasteiger partial charge in [-0.3, -0.25) is 4.57 Å². The van der Waals surface area contributed by atoms with Crippen molar-refractivity contribution in [3.8, 4) is 28.3 Å². The first-order valence-corrected chi connectivity index (χ1v) is 11.3. The van der Waals surface area contributed by atoms with Gasteiger partial charge in [0.25, 0.3) is 0 Å². The molecule has 4 heteroatoms. The van der Waals surface area contributed by atoms with Crippen molar-refractivity contribution in [3.05, 3.63) is 114 Å². The van der Waals surface area contributed by atoms with E-state index in [1.807, 2.05) is 24.3 Å². The summed E-state index contributed by atoms with van der Waals surface area (Å²) in [7, 11) is 0. The number of hydrogen-bond donors (Lipinski definition) is 0. The number of imidazole rings is 1. The summed E-state index contributed by atoms with van der Waals surface area (Å²) < 4.78 is 3.28. The van der Waals surface area contributed by atoms with E-state index in [9.17, 15) is 0 Å². The van der Waals surface area contributed by atoms with E-state index < -0.39 is 0 Å². The summed E-state index contributed by atoms with van der Waals surface area (Å²) in [6, 6.07) is 37.3. The van der Waals surface area contributed by atoms with Gasteiger partial charge in [0.1, 0.15) is 16.9 Å². The van der Waals surface area contributed by atoms with Crippen LogP contribution in [0, 0.1) is 0 Å². The van der Waals surface area contributed by atoms with Gasteiger partial charge >= 0.3 is 0 Å². The van der Waals surface area contributed by atoms with Crippen LogP contribution in [0.3, 0.4) is 0 Å². The van der Waals surface area contributed by atoms with Crippen molar-refractivity contribution in [2.45, 2.75) is 0 Å². The van der Waals surface area contributed by atoms with Crippen LogP contribution in [-0.2, 0) is 0 Å². The van der Waals surface area contributed by atoms with Crippen molar-refractivity contribution in [2.24, 2.45) is 0 Å². The molecule has 3 nitrogen and oxygen atoms in total. The SMILES string of the molecule is Brc1ccc(-c2nc3c4ccccc4nc(-c4ccccc4)c3n2-c2ccccc2)cc1. The zero-order valence-electron chi connectivity index (χ0n) is 17.1. The molecule has 0 unspecified atom stereocenters. The van der Waals surface area contributed by atoms with Gasteiger partial charge in [-0.25, -0.2) is 9.97 Å². The highest BCUT2D eigenvalue weighted by atomic mass is 79.9. The Balaban J connectivity index is 1.81. The maximum Gasteiger partial charge on any atom is 0.145 e. The topological polar surface area (TPSA) is 30.7 Å². The van der Waals surface area contributed by atoms with E-state index in [-0.39, 0.29) is 0 Å². The molecule has 2 heterocycles. The van der Waals surface area contributed by atoms with Crippen LogP contribution in [0.4, 0.5) is 0 Å². The zero-order valence-corrected chi connectivity index (χ0v) is 18.7. The predicted molar refractivity (Wildman–Crippen MR) is 135 cm³/mol. The number of pyridine rings is 1. The van der Waals surface area contributed by atoms with Crippen LogP contribution in [0.15, 0.2) is 114 Å². The smallest absolute Gasteiger partial charge is 0.145 e. The third kappa shape index (κ3) is 3.12. The standard InChI is InChI=1S/C28H18BrN3/c29-21-17-15-20(16-18-21)28-31-26-23-13-7-8-14-24(23)30-25(19-9-3-1-4-10-19)27(26)32(28)22-11-5-2-6-12-22/h1-18H. The van der Waals surface area contributed by atoms with Crippen molar-refractivity contribution in [3.63, 3.8) is 0 Å². The molecule has 0 aliphatic heterocycles. The third-order valence-corrected chi connectivity index (χ3v) is 6.19. The first kappa shape index (κ1) is 19.0. The number of para-hydroxylation sites is 2. The van der Waals surface area contributed by atoms with Crippen LogP contribution in [-0.4, -0.2) is 14.5 Å². The maximum atomic E-state index is 5.21. The zero-order chi connectivity index (χ0) is 21.5. The largest absolute Gasteiger partial charge is 0.290 e. The number of benzene rings is 4. The lowest BCUT2D eigenvalue weighted by atomic mass is 10.1. The molecule has 0 spiro atoms. The molecule has 0 aliphatic rings. The average molecular weight is 476 g/mol. The molecule has 0 radical (unpaired) electrons. The molecular weight excluding hydrogens is 458 g/mol. The molecule has 6 rings (SSSR count). The maximum absolute atomic E-state index is 5.21. The van der Waals surface area contributed by atoms with Gasteiger partial charge in [-0.1, -0.05) is 94.8 Å². The third-order valence-electron chi connectivity index (χ3n) is 5.66. The molecule has 0 saturated carbocycles. The highest BCUT2D eigenvalue weighted by Gasteiger charge is 2.21. The van der Waals surface area contributed by atoms with Crippen LogP contribution < -0.4 is 0 Å². The van der Waals surface area contributed by atoms with Crippen molar-refractivity contribution in [2.75, 3.05) is 0 Å². The molecular formula is C28H18BrN3. The second kappa shape index (κ2) is 7.74. The number of halogens is 1. The van der Waals surface area contributed by atoms with Crippen molar-refractivity contribution >= 4 is 37.9 Å². The summed E-state index contributed by atoms with van der Waals surface area (Å²) in [5.74, 6) is 0.897. The monoisotopic (exact) mass is 475 g/mol. The van der Waals surface area contributed by atoms with Crippen molar-refractivity contribution in [1.29, 1.82) is 0 Å². The lowest BCUT2D eigenvalue weighted by Gasteiger charge is -2.13. The number of rotatable bonds is 3. The molecule has 4 aromatic carbocycles. The Labute approximate surface area is 194 Å². The molecule has 0 N–H and O–H groups in total. The predicted octanol–water partition coefficient (Wildman–Crippen LogP) is 7.67. The van der Waals surface area contributed by atoms with Gasteiger partial charge in [-0.05, 0) is 30.3 Å². The Morgan fingerprint density at radius 1 is 0.594 bits per heavy atom. The quantitative estimate of drug-likeness (QED) is 0.262. The van der Waals surface area contributed by atoms with E-state index in [4.69, 9.17) is 9.97 Å². The first-order valence-electron chi connectivity index (χ1n) is 10.5. The summed E-state index contributed by atoms with van der Waals surface area (Å²) in [4.78, 5) is 10.3. The second-order valence-corrected chi connectivity index (χ2v) is 8.57. The summed E-state index contributed by atoms with van der Waals surface area (Å²) in [5, 5.41) is 1.05. The fraction of sp³-hybridized carbons (Fsp3) is 0. The van der Waals surface area contributed by atoms with Gasteiger partial charge in [0.05, 0.1) is 11.2 Å². The molecule has 0 atom stereocenters. The average Bonchev–Trinajstić information content (AvgIpc) is 3.26. The molecule has 2 aromatic heterocycles. The van der Waals surface area contributed by atoms with Gasteiger partial charge in [0, 0.05) is 26.7 Å². The normalized spacial score (nSPS) is 11.3. The Morgan fingerprint density at radius 2 is 1.25 bits per heavy atom. The van der Waals surface area contributed by atoms with Crippen LogP contribution in [0.1, 0.15) is 0 Å². The molecule has 0 fully saturated rings. The lowest BCUT2D eigenvalue weighted by molar-refractivity contribution is 1.10. The molecule has 6 aromatic rings. The molecule has 0 aliphatic carbocycles. The van der Waals surface area contributed by atoms with Crippen LogP contribution in [0.25, 0.3) is 50.3 Å². The summed E-state index contributed by atoms with van der Waals surface area (Å²) in [5.41, 5.74) is 7.02. The molecule has 0 amide bonds. The Hall–Kier alpha value is -3.76. The number of nitrogens with zero attached hydrogens (tertiary/aromatic N) is 3. The van der Waals surface area contributed by atoms with Crippen LogP contribution in [0.5, 0.6) is 0 Å². The number of aromatic nitrogens is 3. The van der Waals surface area contributed by atoms with Crippen LogP contribution in [0.2, 0.25) is 0 Å². The van der Waals surface area contributed by atoms with Gasteiger partial charge < -0.3 is 0 Å². The van der Waals surface area contributed by atoms with Crippen molar-refractivity contribution < 1.29 is 0 Å². The van der Waals surface area contributed by atoms with Gasteiger partial charge in [-0.2, -0.15) is 0 Å². The van der Waals surface area contributed by atoms with E-state index in [1.165, 1.54) is 0 Å². The minimum Gasteiger partial charge on any atom is -0.290 e. The summed E-state index contributed by atoms with van der Waals surface area (Å²) >= 11 is 3.55. The van der Waals surface area contributed by atoms with Gasteiger partial charge in [-0.15, -0.1) is 0 Å². The van der Waals surface area contributed by atoms with Gasteiger partial charge in [0.2, 0.25) is 0 Å². The second-order valence-electron chi connectivity index (χ2n) is 7.65. The Bertz CT molecular complexity index is 1550. The van der Waals surface area contributed by atoms with Gasteiger partial charge in [0.15, 0.2) is 0 Å². The minimum absolute atomic E-state index is 0.897. The van der Waals surface area contributed by atoms with Crippen LogP contribution >= 0.6 is 15.9 Å². The molecule has 0 bridgehead atoms. The highest BCUT2D eigenvalue weighted by Crippen LogP contribution is 2.37. The van der Waals surface area contributed by atoms with E-state index >= 15 is 0 Å². The van der Waals surface area contributed by atoms with E-state index in [0.29, 0.717) is 0 Å². The van der Waals surface area contributed by atoms with E-state index in [0.717, 1.165) is 54.7 Å². The molecule has 32 heavy (non-hydrogen) atoms. The van der Waals surface area contributed by atoms with Crippen molar-refractivity contribution in [1.82, 2.24) is 14.5 Å². The molecule has 152 valence electrons. The molecule has 0 saturated heterocycles. The van der Waals surface area contributed by atoms with E-state index in [2.05, 4.69) is 105 Å². The minimum atomic E-state index is 0.897. The summed E-state index contributed by atoms with van der Waals surface area (Å²) in [6.07, 6.45) is 0. The number of fused-ring (bicyclic) bond motifs is 3. The summed E-state index contributed by atoms with van der Waals surface area (Å²) in [6.45, 7) is 0. The Morgan fingerprint density at radius 3 is 2.00 bits per heavy atom.